The summed E-state index contributed by atoms with van der Waals surface area (Å²) in [7, 11) is 3.20. The molecule has 0 saturated carbocycles. The van der Waals surface area contributed by atoms with Crippen molar-refractivity contribution in [2.45, 2.75) is 5.75 Å². The average Bonchev–Trinajstić information content (AvgIpc) is 2.38. The lowest BCUT2D eigenvalue weighted by molar-refractivity contribution is -0.118. The Morgan fingerprint density at radius 1 is 1.59 bits per heavy atom. The fourth-order valence-electron chi connectivity index (χ4n) is 1.29. The highest BCUT2D eigenvalue weighted by Gasteiger charge is 2.06. The van der Waals surface area contributed by atoms with Crippen LogP contribution in [0.25, 0.3) is 0 Å². The molecule has 0 aliphatic rings. The van der Waals surface area contributed by atoms with Gasteiger partial charge in [-0.3, -0.25) is 4.79 Å². The summed E-state index contributed by atoms with van der Waals surface area (Å²) in [6, 6.07) is 7.36. The molecule has 1 amide bonds. The lowest BCUT2D eigenvalue weighted by Gasteiger charge is -2.08. The molecule has 0 atom stereocenters. The van der Waals surface area contributed by atoms with Gasteiger partial charge in [0.25, 0.3) is 0 Å². The number of ether oxygens (including phenoxy) is 1. The zero-order chi connectivity index (χ0) is 12.7. The molecule has 1 rings (SSSR count). The minimum atomic E-state index is -0.00888. The number of methoxy groups -OCH3 is 1. The maximum atomic E-state index is 11.1. The topological polar surface area (TPSA) is 62.1 Å². The molecule has 0 spiro atoms. The van der Waals surface area contributed by atoms with Gasteiger partial charge >= 0.3 is 0 Å². The van der Waals surface area contributed by atoms with Crippen LogP contribution in [-0.4, -0.2) is 25.8 Å². The maximum absolute atomic E-state index is 11.1. The summed E-state index contributed by atoms with van der Waals surface area (Å²) in [4.78, 5) is 11.1. The maximum Gasteiger partial charge on any atom is 0.229 e. The van der Waals surface area contributed by atoms with Crippen molar-refractivity contribution in [3.8, 4) is 11.8 Å². The van der Waals surface area contributed by atoms with E-state index in [1.807, 2.05) is 0 Å². The summed E-state index contributed by atoms with van der Waals surface area (Å²) >= 11 is 1.49. The number of amides is 1. The molecule has 1 aromatic rings. The van der Waals surface area contributed by atoms with E-state index in [1.54, 1.807) is 32.4 Å². The molecule has 90 valence electrons. The zero-order valence-corrected chi connectivity index (χ0v) is 10.6. The van der Waals surface area contributed by atoms with Crippen LogP contribution in [0, 0.1) is 11.3 Å². The van der Waals surface area contributed by atoms with Gasteiger partial charge in [-0.25, -0.2) is 0 Å². The summed E-state index contributed by atoms with van der Waals surface area (Å²) < 4.78 is 5.21. The van der Waals surface area contributed by atoms with Crippen LogP contribution in [0.3, 0.4) is 0 Å². The first-order valence-corrected chi connectivity index (χ1v) is 6.22. The van der Waals surface area contributed by atoms with Gasteiger partial charge in [0.05, 0.1) is 24.5 Å². The number of benzene rings is 1. The van der Waals surface area contributed by atoms with Gasteiger partial charge in [0.15, 0.2) is 0 Å². The Labute approximate surface area is 105 Å². The zero-order valence-electron chi connectivity index (χ0n) is 9.82. The summed E-state index contributed by atoms with van der Waals surface area (Å²) in [6.07, 6.45) is 0. The van der Waals surface area contributed by atoms with E-state index >= 15 is 0 Å². The second kappa shape index (κ2) is 6.81. The molecule has 0 fully saturated rings. The number of thioether (sulfide) groups is 1. The van der Waals surface area contributed by atoms with Gasteiger partial charge in [0.2, 0.25) is 5.91 Å². The Kier molecular flexibility index (Phi) is 5.37. The normalized spacial score (nSPS) is 9.47. The van der Waals surface area contributed by atoms with Gasteiger partial charge in [-0.2, -0.15) is 5.26 Å². The van der Waals surface area contributed by atoms with Gasteiger partial charge < -0.3 is 10.1 Å². The average molecular weight is 250 g/mol. The van der Waals surface area contributed by atoms with Gasteiger partial charge in [-0.1, -0.05) is 0 Å². The third-order valence-electron chi connectivity index (χ3n) is 2.18. The molecule has 5 heteroatoms. The van der Waals surface area contributed by atoms with Crippen LogP contribution in [-0.2, 0) is 10.5 Å². The monoisotopic (exact) mass is 250 g/mol. The summed E-state index contributed by atoms with van der Waals surface area (Å²) in [6.45, 7) is 0. The fraction of sp³-hybridized carbons (Fsp3) is 0.333. The van der Waals surface area contributed by atoms with E-state index in [9.17, 15) is 4.79 Å². The highest BCUT2D eigenvalue weighted by atomic mass is 32.2. The van der Waals surface area contributed by atoms with E-state index in [1.165, 1.54) is 11.8 Å². The van der Waals surface area contributed by atoms with Crippen molar-refractivity contribution in [2.24, 2.45) is 0 Å². The number of nitriles is 1. The summed E-state index contributed by atoms with van der Waals surface area (Å²) in [5, 5.41) is 11.4. The van der Waals surface area contributed by atoms with Crippen molar-refractivity contribution in [1.82, 2.24) is 5.32 Å². The van der Waals surface area contributed by atoms with Crippen molar-refractivity contribution in [3.63, 3.8) is 0 Å². The summed E-state index contributed by atoms with van der Waals surface area (Å²) in [5.41, 5.74) is 1.53. The molecule has 17 heavy (non-hydrogen) atoms. The first-order valence-electron chi connectivity index (χ1n) is 5.06. The Balaban J connectivity index is 2.68. The minimum Gasteiger partial charge on any atom is -0.496 e. The third kappa shape index (κ3) is 4.00. The minimum absolute atomic E-state index is 0.00888. The van der Waals surface area contributed by atoms with E-state index in [-0.39, 0.29) is 5.91 Å². The van der Waals surface area contributed by atoms with Gasteiger partial charge in [-0.15, -0.1) is 11.8 Å². The van der Waals surface area contributed by atoms with E-state index in [0.29, 0.717) is 17.1 Å². The number of nitrogens with zero attached hydrogens (tertiary/aromatic N) is 1. The lowest BCUT2D eigenvalue weighted by atomic mass is 10.1. The largest absolute Gasteiger partial charge is 0.496 e. The number of hydrogen-bond acceptors (Lipinski definition) is 4. The van der Waals surface area contributed by atoms with Crippen molar-refractivity contribution in [1.29, 1.82) is 5.26 Å². The predicted octanol–water partition coefficient (Wildman–Crippen LogP) is 1.55. The van der Waals surface area contributed by atoms with Crippen LogP contribution >= 0.6 is 11.8 Å². The van der Waals surface area contributed by atoms with Crippen LogP contribution in [0.4, 0.5) is 0 Å². The van der Waals surface area contributed by atoms with E-state index in [4.69, 9.17) is 10.00 Å². The molecule has 0 radical (unpaired) electrons. The van der Waals surface area contributed by atoms with Gasteiger partial charge in [-0.05, 0) is 18.2 Å². The van der Waals surface area contributed by atoms with E-state index in [2.05, 4.69) is 11.4 Å². The predicted molar refractivity (Wildman–Crippen MR) is 67.9 cm³/mol. The molecule has 0 bridgehead atoms. The first kappa shape index (κ1) is 13.4. The molecular weight excluding hydrogens is 236 g/mol. The van der Waals surface area contributed by atoms with Gasteiger partial charge in [0.1, 0.15) is 5.75 Å². The fourth-order valence-corrected chi connectivity index (χ4v) is 2.16. The molecule has 0 aromatic heterocycles. The number of nitrogens with one attached hydrogen (secondary N) is 1. The van der Waals surface area contributed by atoms with Crippen LogP contribution < -0.4 is 10.1 Å². The molecule has 0 saturated heterocycles. The molecule has 1 N–H and O–H groups in total. The standard InChI is InChI=1S/C12H14N2O2S/c1-14-12(15)8-17-7-10-5-9(6-13)3-4-11(10)16-2/h3-5H,7-8H2,1-2H3,(H,14,15). The van der Waals surface area contributed by atoms with Crippen molar-refractivity contribution in [2.75, 3.05) is 19.9 Å². The van der Waals surface area contributed by atoms with Crippen LogP contribution in [0.2, 0.25) is 0 Å². The number of rotatable bonds is 5. The Morgan fingerprint density at radius 3 is 2.94 bits per heavy atom. The quantitative estimate of drug-likeness (QED) is 0.861. The molecule has 0 heterocycles. The molecular formula is C12H14N2O2S. The van der Waals surface area contributed by atoms with Crippen LogP contribution in [0.5, 0.6) is 5.75 Å². The molecule has 0 aliphatic heterocycles. The number of hydrogen-bond donors (Lipinski definition) is 1. The second-order valence-electron chi connectivity index (χ2n) is 3.30. The molecule has 0 aliphatic carbocycles. The van der Waals surface area contributed by atoms with Gasteiger partial charge in [0, 0.05) is 18.4 Å². The Morgan fingerprint density at radius 2 is 2.35 bits per heavy atom. The highest BCUT2D eigenvalue weighted by Crippen LogP contribution is 2.24. The highest BCUT2D eigenvalue weighted by molar-refractivity contribution is 7.99. The molecule has 0 unspecified atom stereocenters. The van der Waals surface area contributed by atoms with Crippen LogP contribution in [0.15, 0.2) is 18.2 Å². The third-order valence-corrected chi connectivity index (χ3v) is 3.16. The lowest BCUT2D eigenvalue weighted by Crippen LogP contribution is -2.19. The molecule has 1 aromatic carbocycles. The first-order chi connectivity index (χ1) is 8.21. The van der Waals surface area contributed by atoms with Crippen molar-refractivity contribution >= 4 is 17.7 Å². The molecule has 4 nitrogen and oxygen atoms in total. The van der Waals surface area contributed by atoms with Crippen molar-refractivity contribution in [3.05, 3.63) is 29.3 Å². The van der Waals surface area contributed by atoms with E-state index in [0.717, 1.165) is 11.3 Å². The number of carbonyl (C=O) groups is 1. The second-order valence-corrected chi connectivity index (χ2v) is 4.29. The van der Waals surface area contributed by atoms with Crippen LogP contribution in [0.1, 0.15) is 11.1 Å². The Hall–Kier alpha value is -1.67. The Bertz CT molecular complexity index is 441. The van der Waals surface area contributed by atoms with E-state index < -0.39 is 0 Å². The number of carbonyl (C=O) groups excluding carboxylic acids is 1. The SMILES string of the molecule is CNC(=O)CSCc1cc(C#N)ccc1OC. The smallest absolute Gasteiger partial charge is 0.229 e. The summed E-state index contributed by atoms with van der Waals surface area (Å²) in [5.74, 6) is 1.78. The van der Waals surface area contributed by atoms with Crippen molar-refractivity contribution < 1.29 is 9.53 Å².